The summed E-state index contributed by atoms with van der Waals surface area (Å²) in [5.41, 5.74) is 6.01. The molecule has 0 aliphatic carbocycles. The Kier molecular flexibility index (Phi) is 2.18. The highest BCUT2D eigenvalue weighted by molar-refractivity contribution is 7.07. The molecule has 78 valence electrons. The quantitative estimate of drug-likeness (QED) is 0.632. The lowest BCUT2D eigenvalue weighted by molar-refractivity contribution is 1.32. The van der Waals surface area contributed by atoms with E-state index in [1.54, 1.807) is 11.3 Å². The first-order valence-corrected chi connectivity index (χ1v) is 6.03. The number of hydrogen-bond acceptors (Lipinski definition) is 3. The van der Waals surface area contributed by atoms with E-state index in [4.69, 9.17) is 0 Å². The summed E-state index contributed by atoms with van der Waals surface area (Å²) in [7, 11) is 0. The molecule has 1 aromatic carbocycles. The van der Waals surface area contributed by atoms with Crippen LogP contribution in [0.4, 0.5) is 0 Å². The normalized spacial score (nSPS) is 10.8. The summed E-state index contributed by atoms with van der Waals surface area (Å²) in [6, 6.07) is 10.4. The Hall–Kier alpha value is -1.74. The minimum absolute atomic E-state index is 0.942. The summed E-state index contributed by atoms with van der Waals surface area (Å²) in [5.74, 6) is 0. The molecule has 16 heavy (non-hydrogen) atoms. The topological polar surface area (TPSA) is 25.8 Å². The Morgan fingerprint density at radius 3 is 2.81 bits per heavy atom. The Labute approximate surface area is 97.6 Å². The summed E-state index contributed by atoms with van der Waals surface area (Å²) >= 11 is 1.59. The van der Waals surface area contributed by atoms with Crippen LogP contribution in [0.1, 0.15) is 5.56 Å². The van der Waals surface area contributed by atoms with Gasteiger partial charge in [-0.15, -0.1) is 11.3 Å². The third kappa shape index (κ3) is 1.59. The molecule has 2 heterocycles. The van der Waals surface area contributed by atoms with Crippen molar-refractivity contribution >= 4 is 22.2 Å². The van der Waals surface area contributed by atoms with Crippen molar-refractivity contribution in [2.24, 2.45) is 0 Å². The molecular formula is C13H10N2S. The smallest absolute Gasteiger partial charge is 0.0995 e. The van der Waals surface area contributed by atoms with E-state index in [0.29, 0.717) is 0 Å². The fraction of sp³-hybridized carbons (Fsp3) is 0.0769. The lowest BCUT2D eigenvalue weighted by Gasteiger charge is -2.01. The van der Waals surface area contributed by atoms with Gasteiger partial charge in [0.05, 0.1) is 22.4 Å². The van der Waals surface area contributed by atoms with Crippen LogP contribution < -0.4 is 0 Å². The highest BCUT2D eigenvalue weighted by Gasteiger charge is 2.02. The Morgan fingerprint density at radius 1 is 1.06 bits per heavy atom. The van der Waals surface area contributed by atoms with Gasteiger partial charge in [0.25, 0.3) is 0 Å². The number of nitrogens with zero attached hydrogens (tertiary/aromatic N) is 2. The first-order chi connectivity index (χ1) is 7.83. The molecule has 0 N–H and O–H groups in total. The van der Waals surface area contributed by atoms with Gasteiger partial charge in [0.15, 0.2) is 0 Å². The fourth-order valence-corrected chi connectivity index (χ4v) is 2.27. The van der Waals surface area contributed by atoms with Crippen LogP contribution in [0.2, 0.25) is 0 Å². The maximum absolute atomic E-state index is 4.60. The molecule has 0 aliphatic rings. The van der Waals surface area contributed by atoms with Crippen molar-refractivity contribution in [3.63, 3.8) is 0 Å². The van der Waals surface area contributed by atoms with Crippen LogP contribution in [-0.4, -0.2) is 9.97 Å². The number of aryl methyl sites for hydroxylation is 1. The Balaban J connectivity index is 2.20. The van der Waals surface area contributed by atoms with Crippen molar-refractivity contribution in [1.29, 1.82) is 0 Å². The molecule has 3 rings (SSSR count). The van der Waals surface area contributed by atoms with E-state index in [-0.39, 0.29) is 0 Å². The van der Waals surface area contributed by atoms with Gasteiger partial charge >= 0.3 is 0 Å². The SMILES string of the molecule is Cc1ccc2nc(-c3cscn3)ccc2c1. The summed E-state index contributed by atoms with van der Waals surface area (Å²) < 4.78 is 0. The predicted octanol–water partition coefficient (Wildman–Crippen LogP) is 3.67. The zero-order valence-electron chi connectivity index (χ0n) is 8.84. The van der Waals surface area contributed by atoms with Gasteiger partial charge in [0.1, 0.15) is 0 Å². The molecule has 0 fully saturated rings. The first-order valence-electron chi connectivity index (χ1n) is 5.09. The maximum Gasteiger partial charge on any atom is 0.0995 e. The fourth-order valence-electron chi connectivity index (χ4n) is 1.73. The molecule has 0 saturated carbocycles. The highest BCUT2D eigenvalue weighted by Crippen LogP contribution is 2.21. The van der Waals surface area contributed by atoms with E-state index in [1.807, 2.05) is 17.0 Å². The summed E-state index contributed by atoms with van der Waals surface area (Å²) in [6.07, 6.45) is 0. The molecule has 0 spiro atoms. The second kappa shape index (κ2) is 3.68. The highest BCUT2D eigenvalue weighted by atomic mass is 32.1. The minimum atomic E-state index is 0.942. The van der Waals surface area contributed by atoms with Crippen LogP contribution in [0.3, 0.4) is 0 Å². The van der Waals surface area contributed by atoms with Crippen LogP contribution in [0.25, 0.3) is 22.3 Å². The van der Waals surface area contributed by atoms with Crippen molar-refractivity contribution in [3.8, 4) is 11.4 Å². The number of pyridine rings is 1. The molecule has 0 saturated heterocycles. The number of fused-ring (bicyclic) bond motifs is 1. The summed E-state index contributed by atoms with van der Waals surface area (Å²) in [5, 5.41) is 3.20. The lowest BCUT2D eigenvalue weighted by atomic mass is 10.1. The zero-order chi connectivity index (χ0) is 11.0. The largest absolute Gasteiger partial charge is 0.246 e. The number of rotatable bonds is 1. The number of hydrogen-bond donors (Lipinski definition) is 0. The lowest BCUT2D eigenvalue weighted by Crippen LogP contribution is -1.85. The van der Waals surface area contributed by atoms with Crippen LogP contribution in [-0.2, 0) is 0 Å². The van der Waals surface area contributed by atoms with Crippen LogP contribution in [0.15, 0.2) is 41.2 Å². The van der Waals surface area contributed by atoms with Crippen molar-refractivity contribution in [2.45, 2.75) is 6.92 Å². The third-order valence-electron chi connectivity index (χ3n) is 2.54. The Bertz CT molecular complexity index is 629. The van der Waals surface area contributed by atoms with E-state index in [2.05, 4.69) is 41.2 Å². The summed E-state index contributed by atoms with van der Waals surface area (Å²) in [4.78, 5) is 8.87. The number of benzene rings is 1. The molecule has 2 nitrogen and oxygen atoms in total. The van der Waals surface area contributed by atoms with Crippen LogP contribution in [0, 0.1) is 6.92 Å². The molecule has 0 unspecified atom stereocenters. The van der Waals surface area contributed by atoms with Gasteiger partial charge in [0.2, 0.25) is 0 Å². The molecule has 0 atom stereocenters. The molecular weight excluding hydrogens is 216 g/mol. The van der Waals surface area contributed by atoms with Gasteiger partial charge in [-0.1, -0.05) is 17.7 Å². The molecule has 2 aromatic heterocycles. The van der Waals surface area contributed by atoms with E-state index in [0.717, 1.165) is 16.9 Å². The van der Waals surface area contributed by atoms with Crippen molar-refractivity contribution in [1.82, 2.24) is 9.97 Å². The zero-order valence-corrected chi connectivity index (χ0v) is 9.66. The number of thiazole rings is 1. The van der Waals surface area contributed by atoms with E-state index < -0.39 is 0 Å². The van der Waals surface area contributed by atoms with E-state index >= 15 is 0 Å². The third-order valence-corrected chi connectivity index (χ3v) is 3.13. The molecule has 0 bridgehead atoms. The van der Waals surface area contributed by atoms with Crippen LogP contribution in [0.5, 0.6) is 0 Å². The van der Waals surface area contributed by atoms with Crippen molar-refractivity contribution in [2.75, 3.05) is 0 Å². The van der Waals surface area contributed by atoms with Gasteiger partial charge in [-0.2, -0.15) is 0 Å². The monoisotopic (exact) mass is 226 g/mol. The van der Waals surface area contributed by atoms with Crippen molar-refractivity contribution in [3.05, 3.63) is 46.8 Å². The van der Waals surface area contributed by atoms with Gasteiger partial charge in [0, 0.05) is 10.8 Å². The second-order valence-electron chi connectivity index (χ2n) is 3.77. The van der Waals surface area contributed by atoms with Gasteiger partial charge < -0.3 is 0 Å². The minimum Gasteiger partial charge on any atom is -0.246 e. The number of aromatic nitrogens is 2. The molecule has 0 aliphatic heterocycles. The van der Waals surface area contributed by atoms with E-state index in [9.17, 15) is 0 Å². The second-order valence-corrected chi connectivity index (χ2v) is 4.49. The standard InChI is InChI=1S/C13H10N2S/c1-9-2-4-11-10(6-9)3-5-12(15-11)13-7-16-8-14-13/h2-8H,1H3. The molecule has 3 aromatic rings. The molecule has 0 radical (unpaired) electrons. The molecule has 3 heteroatoms. The first kappa shape index (κ1) is 9.48. The van der Waals surface area contributed by atoms with Gasteiger partial charge in [-0.3, -0.25) is 0 Å². The average Bonchev–Trinajstić information content (AvgIpc) is 2.82. The van der Waals surface area contributed by atoms with Gasteiger partial charge in [-0.05, 0) is 25.1 Å². The average molecular weight is 226 g/mol. The summed E-state index contributed by atoms with van der Waals surface area (Å²) in [6.45, 7) is 2.09. The molecule has 0 amide bonds. The Morgan fingerprint density at radius 2 is 2.00 bits per heavy atom. The van der Waals surface area contributed by atoms with Crippen LogP contribution >= 0.6 is 11.3 Å². The maximum atomic E-state index is 4.60. The van der Waals surface area contributed by atoms with Gasteiger partial charge in [-0.25, -0.2) is 9.97 Å². The van der Waals surface area contributed by atoms with Crippen molar-refractivity contribution < 1.29 is 0 Å². The van der Waals surface area contributed by atoms with E-state index in [1.165, 1.54) is 10.9 Å². The predicted molar refractivity (Wildman–Crippen MR) is 67.6 cm³/mol.